The Kier molecular flexibility index (Phi) is 12.7. The van der Waals surface area contributed by atoms with Crippen molar-refractivity contribution in [1.29, 1.82) is 0 Å². The minimum absolute atomic E-state index is 0.00289. The van der Waals surface area contributed by atoms with Crippen LogP contribution in [0, 0.1) is 53.5 Å². The van der Waals surface area contributed by atoms with E-state index in [2.05, 4.69) is 9.47 Å². The third-order valence-electron chi connectivity index (χ3n) is 5.19. The van der Waals surface area contributed by atoms with Crippen molar-refractivity contribution in [2.24, 2.45) is 0 Å². The molecular weight excluding hydrogens is 564 g/mol. The second kappa shape index (κ2) is 15.5. The summed E-state index contributed by atoms with van der Waals surface area (Å²) in [5.41, 5.74) is -1.34. The molecule has 0 saturated carbocycles. The summed E-state index contributed by atoms with van der Waals surface area (Å²) in [6.45, 7) is 1.92. The Morgan fingerprint density at radius 3 is 1.38 bits per heavy atom. The number of carbonyl (C=O) groups is 2. The molecule has 15 heteroatoms. The zero-order valence-corrected chi connectivity index (χ0v) is 21.2. The molecule has 0 radical (unpaired) electrons. The fraction of sp³-hybridized carbons (Fsp3) is 0.440. The van der Waals surface area contributed by atoms with Gasteiger partial charge in [-0.25, -0.2) is 26.3 Å². The minimum atomic E-state index is -2.11. The Balaban J connectivity index is 1.58. The highest BCUT2D eigenvalue weighted by Crippen LogP contribution is 2.32. The fourth-order valence-corrected chi connectivity index (χ4v) is 3.10. The standard InChI is InChI=1S/C25H24F8O7/c1-3-13-17(27)19(29)21(31)23(33)25(13)40-15(35)5-7-37-9-11-38-10-8-36-6-4-14(34)39-24-12(2)16(26)18(28)20(30)22(24)32/h3-11H2,1-2H3. The molecule has 222 valence electrons. The number of esters is 2. The third kappa shape index (κ3) is 8.35. The highest BCUT2D eigenvalue weighted by molar-refractivity contribution is 5.73. The first-order chi connectivity index (χ1) is 18.9. The molecule has 0 fully saturated rings. The number of benzene rings is 2. The number of hydrogen-bond acceptors (Lipinski definition) is 7. The average molecular weight is 588 g/mol. The molecule has 0 saturated heterocycles. The first-order valence-corrected chi connectivity index (χ1v) is 11.7. The van der Waals surface area contributed by atoms with Crippen molar-refractivity contribution in [3.05, 3.63) is 57.7 Å². The lowest BCUT2D eigenvalue weighted by atomic mass is 10.1. The Hall–Kier alpha value is -3.30. The van der Waals surface area contributed by atoms with Crippen LogP contribution in [-0.2, 0) is 30.2 Å². The molecule has 0 bridgehead atoms. The average Bonchev–Trinajstić information content (AvgIpc) is 2.93. The van der Waals surface area contributed by atoms with Gasteiger partial charge in [0.05, 0.1) is 52.5 Å². The van der Waals surface area contributed by atoms with Crippen LogP contribution in [0.3, 0.4) is 0 Å². The van der Waals surface area contributed by atoms with E-state index in [1.165, 1.54) is 6.92 Å². The lowest BCUT2D eigenvalue weighted by molar-refractivity contribution is -0.136. The van der Waals surface area contributed by atoms with Crippen molar-refractivity contribution in [3.8, 4) is 11.5 Å². The number of rotatable bonds is 15. The molecule has 0 aliphatic rings. The van der Waals surface area contributed by atoms with Gasteiger partial charge < -0.3 is 23.7 Å². The summed E-state index contributed by atoms with van der Waals surface area (Å²) in [6, 6.07) is 0. The Bertz CT molecular complexity index is 1190. The molecule has 0 N–H and O–H groups in total. The molecule has 2 aromatic carbocycles. The monoisotopic (exact) mass is 588 g/mol. The summed E-state index contributed by atoms with van der Waals surface area (Å²) in [4.78, 5) is 23.6. The summed E-state index contributed by atoms with van der Waals surface area (Å²) in [6.07, 6.45) is -1.09. The van der Waals surface area contributed by atoms with Crippen LogP contribution in [0.1, 0.15) is 30.9 Å². The summed E-state index contributed by atoms with van der Waals surface area (Å²) in [5, 5.41) is 0. The van der Waals surface area contributed by atoms with Crippen molar-refractivity contribution in [3.63, 3.8) is 0 Å². The van der Waals surface area contributed by atoms with E-state index < -0.39 is 93.9 Å². The van der Waals surface area contributed by atoms with Crippen molar-refractivity contribution < 1.29 is 68.4 Å². The molecule has 2 aromatic rings. The number of halogens is 8. The molecule has 2 rings (SSSR count). The maximum Gasteiger partial charge on any atom is 0.313 e. The fourth-order valence-electron chi connectivity index (χ4n) is 3.10. The number of ether oxygens (including phenoxy) is 5. The molecular formula is C25H24F8O7. The van der Waals surface area contributed by atoms with Gasteiger partial charge in [0.1, 0.15) is 0 Å². The maximum atomic E-state index is 13.9. The van der Waals surface area contributed by atoms with Crippen molar-refractivity contribution in [2.45, 2.75) is 33.1 Å². The third-order valence-corrected chi connectivity index (χ3v) is 5.19. The molecule has 0 spiro atoms. The zero-order chi connectivity index (χ0) is 30.0. The molecule has 0 aliphatic heterocycles. The van der Waals surface area contributed by atoms with Gasteiger partial charge in [-0.3, -0.25) is 9.59 Å². The van der Waals surface area contributed by atoms with Gasteiger partial charge in [-0.05, 0) is 13.3 Å². The van der Waals surface area contributed by atoms with Gasteiger partial charge >= 0.3 is 11.9 Å². The van der Waals surface area contributed by atoms with Crippen LogP contribution in [0.25, 0.3) is 0 Å². The van der Waals surface area contributed by atoms with Crippen molar-refractivity contribution >= 4 is 11.9 Å². The number of hydrogen-bond donors (Lipinski definition) is 0. The van der Waals surface area contributed by atoms with E-state index in [9.17, 15) is 44.7 Å². The first kappa shape index (κ1) is 32.9. The minimum Gasteiger partial charge on any atom is -0.423 e. The highest BCUT2D eigenvalue weighted by atomic mass is 19.2. The lowest BCUT2D eigenvalue weighted by Crippen LogP contribution is -2.17. The van der Waals surface area contributed by atoms with Gasteiger partial charge in [-0.2, -0.15) is 8.78 Å². The lowest BCUT2D eigenvalue weighted by Gasteiger charge is -2.12. The van der Waals surface area contributed by atoms with Crippen LogP contribution >= 0.6 is 0 Å². The largest absolute Gasteiger partial charge is 0.423 e. The van der Waals surface area contributed by atoms with Gasteiger partial charge in [0.2, 0.25) is 23.3 Å². The second-order valence-corrected chi connectivity index (χ2v) is 7.91. The van der Waals surface area contributed by atoms with Crippen LogP contribution in [-0.4, -0.2) is 51.6 Å². The molecule has 0 unspecified atom stereocenters. The van der Waals surface area contributed by atoms with E-state index in [0.717, 1.165) is 6.92 Å². The van der Waals surface area contributed by atoms with E-state index in [4.69, 9.17) is 14.2 Å². The predicted octanol–water partition coefficient (Wildman–Crippen LogP) is 5.01. The van der Waals surface area contributed by atoms with E-state index in [0.29, 0.717) is 0 Å². The second-order valence-electron chi connectivity index (χ2n) is 7.91. The smallest absolute Gasteiger partial charge is 0.313 e. The SMILES string of the molecule is CCc1c(F)c(F)c(F)c(F)c1OC(=O)CCOCCOCCOCCC(=O)Oc1c(C)c(F)c(F)c(F)c1F. The summed E-state index contributed by atoms with van der Waals surface area (Å²) in [5.74, 6) is -19.5. The summed E-state index contributed by atoms with van der Waals surface area (Å²) < 4.78 is 133. The number of carbonyl (C=O) groups excluding carboxylic acids is 2. The molecule has 0 amide bonds. The van der Waals surface area contributed by atoms with Gasteiger partial charge in [-0.15, -0.1) is 0 Å². The first-order valence-electron chi connectivity index (χ1n) is 11.7. The zero-order valence-electron chi connectivity index (χ0n) is 21.2. The molecule has 0 atom stereocenters. The quantitative estimate of drug-likeness (QED) is 0.0723. The molecule has 40 heavy (non-hydrogen) atoms. The van der Waals surface area contributed by atoms with Crippen LogP contribution in [0.15, 0.2) is 0 Å². The normalized spacial score (nSPS) is 11.2. The summed E-state index contributed by atoms with van der Waals surface area (Å²) in [7, 11) is 0. The Labute approximate surface area is 222 Å². The van der Waals surface area contributed by atoms with Crippen molar-refractivity contribution in [1.82, 2.24) is 0 Å². The van der Waals surface area contributed by atoms with Crippen LogP contribution in [0.4, 0.5) is 35.1 Å². The van der Waals surface area contributed by atoms with Crippen LogP contribution in [0.5, 0.6) is 11.5 Å². The van der Waals surface area contributed by atoms with Gasteiger partial charge in [0, 0.05) is 11.1 Å². The van der Waals surface area contributed by atoms with E-state index in [1.807, 2.05) is 0 Å². The summed E-state index contributed by atoms with van der Waals surface area (Å²) >= 11 is 0. The van der Waals surface area contributed by atoms with Crippen molar-refractivity contribution in [2.75, 3.05) is 39.6 Å². The highest BCUT2D eigenvalue weighted by Gasteiger charge is 2.27. The molecule has 0 aromatic heterocycles. The van der Waals surface area contributed by atoms with E-state index in [-0.39, 0.29) is 46.1 Å². The molecule has 0 heterocycles. The Morgan fingerprint density at radius 1 is 0.525 bits per heavy atom. The molecule has 0 aliphatic carbocycles. The topological polar surface area (TPSA) is 80.3 Å². The maximum absolute atomic E-state index is 13.9. The van der Waals surface area contributed by atoms with Gasteiger partial charge in [0.25, 0.3) is 0 Å². The van der Waals surface area contributed by atoms with Crippen LogP contribution < -0.4 is 9.47 Å². The van der Waals surface area contributed by atoms with E-state index in [1.54, 1.807) is 0 Å². The molecule has 7 nitrogen and oxygen atoms in total. The predicted molar refractivity (Wildman–Crippen MR) is 120 cm³/mol. The van der Waals surface area contributed by atoms with Gasteiger partial charge in [-0.1, -0.05) is 6.92 Å². The van der Waals surface area contributed by atoms with E-state index >= 15 is 0 Å². The van der Waals surface area contributed by atoms with Crippen LogP contribution in [0.2, 0.25) is 0 Å². The Morgan fingerprint density at radius 2 is 0.900 bits per heavy atom. The van der Waals surface area contributed by atoms with Gasteiger partial charge in [0.15, 0.2) is 34.8 Å².